The molecule has 0 nitrogen and oxygen atoms in total. The van der Waals surface area contributed by atoms with E-state index in [1.165, 1.54) is 0 Å². The predicted octanol–water partition coefficient (Wildman–Crippen LogP) is 6.66. The third-order valence-corrected chi connectivity index (χ3v) is 1.59. The molecule has 0 spiro atoms. The summed E-state index contributed by atoms with van der Waals surface area (Å²) in [6.07, 6.45) is -24.8. The molecule has 0 atom stereocenters. The summed E-state index contributed by atoms with van der Waals surface area (Å²) in [5, 5.41) is 0. The Kier molecular flexibility index (Phi) is 8.92. The molecule has 0 aromatic carbocycles. The lowest BCUT2D eigenvalue weighted by atomic mass is 10.2. The minimum absolute atomic E-state index is 0.792. The van der Waals surface area contributed by atoms with Crippen molar-refractivity contribution in [1.29, 1.82) is 0 Å². The zero-order chi connectivity index (χ0) is 20.9. The first-order chi connectivity index (χ1) is 10.7. The summed E-state index contributed by atoms with van der Waals surface area (Å²) in [6.45, 7) is 0. The van der Waals surface area contributed by atoms with Crippen LogP contribution < -0.4 is 0 Å². The molecule has 0 radical (unpaired) electrons. The molecule has 15 heteroatoms. The van der Waals surface area contributed by atoms with Crippen LogP contribution in [0.3, 0.4) is 0 Å². The van der Waals surface area contributed by atoms with Crippen molar-refractivity contribution in [3.63, 3.8) is 0 Å². The van der Waals surface area contributed by atoms with Crippen LogP contribution in [0.4, 0.5) is 65.9 Å². The van der Waals surface area contributed by atoms with Crippen molar-refractivity contribution in [3.8, 4) is 0 Å². The van der Waals surface area contributed by atoms with Crippen molar-refractivity contribution in [3.05, 3.63) is 23.8 Å². The van der Waals surface area contributed by atoms with Crippen LogP contribution in [0.25, 0.3) is 0 Å². The molecular weight excluding hydrogens is 405 g/mol. The Bertz CT molecular complexity index is 458. The second-order valence-electron chi connectivity index (χ2n) is 3.89. The summed E-state index contributed by atoms with van der Waals surface area (Å²) in [4.78, 5) is 0. The van der Waals surface area contributed by atoms with Gasteiger partial charge in [-0.05, 0) is 0 Å². The lowest BCUT2D eigenvalue weighted by molar-refractivity contribution is -0.177. The lowest BCUT2D eigenvalue weighted by Gasteiger charge is -2.15. The van der Waals surface area contributed by atoms with Crippen molar-refractivity contribution in [2.75, 3.05) is 0 Å². The fourth-order valence-electron chi connectivity index (χ4n) is 0.791. The van der Waals surface area contributed by atoms with Crippen LogP contribution in [-0.2, 0) is 0 Å². The zero-order valence-corrected chi connectivity index (χ0v) is 11.1. The smallest absolute Gasteiger partial charge is 0.206 e. The van der Waals surface area contributed by atoms with E-state index >= 15 is 0 Å². The molecule has 0 aliphatic heterocycles. The van der Waals surface area contributed by atoms with Gasteiger partial charge in [0.1, 0.15) is 6.42 Å². The van der Waals surface area contributed by atoms with Gasteiger partial charge in [-0.2, -0.15) is 39.5 Å². The molecule has 0 unspecified atom stereocenters. The van der Waals surface area contributed by atoms with Gasteiger partial charge in [-0.3, -0.25) is 0 Å². The number of halogens is 15. The molecule has 0 aliphatic rings. The van der Waals surface area contributed by atoms with Crippen LogP contribution in [0.2, 0.25) is 0 Å². The van der Waals surface area contributed by atoms with Gasteiger partial charge in [0.25, 0.3) is 12.3 Å². The molecule has 0 aromatic rings. The maximum Gasteiger partial charge on any atom is 0.442 e. The Morgan fingerprint density at radius 1 is 0.680 bits per heavy atom. The molecule has 0 fully saturated rings. The van der Waals surface area contributed by atoms with Crippen molar-refractivity contribution in [2.45, 2.75) is 37.3 Å². The number of rotatable bonds is 3. The minimum Gasteiger partial charge on any atom is -0.206 e. The van der Waals surface area contributed by atoms with E-state index in [0.717, 1.165) is 0 Å². The second kappa shape index (κ2) is 8.69. The van der Waals surface area contributed by atoms with Gasteiger partial charge in [0.05, 0.1) is 0 Å². The van der Waals surface area contributed by atoms with Gasteiger partial charge >= 0.3 is 18.5 Å². The predicted molar refractivity (Wildman–Crippen MR) is 52.1 cm³/mol. The van der Waals surface area contributed by atoms with Crippen molar-refractivity contribution in [2.24, 2.45) is 0 Å². The van der Waals surface area contributed by atoms with Crippen molar-refractivity contribution in [1.82, 2.24) is 0 Å². The summed E-state index contributed by atoms with van der Waals surface area (Å²) in [6, 6.07) is 0. The molecule has 0 N–H and O–H groups in total. The minimum atomic E-state index is -5.71. The Morgan fingerprint density at radius 2 is 1.04 bits per heavy atom. The molecule has 0 saturated heterocycles. The molecule has 150 valence electrons. The Balaban J connectivity index is 0. The first-order valence-electron chi connectivity index (χ1n) is 5.30. The highest BCUT2D eigenvalue weighted by molar-refractivity contribution is 5.06. The SMILES string of the molecule is FC(=CC(F)(F)CC(F)(F)F)C(F)(F)F.FC(=CC(F)F)C(F)(F)F. The van der Waals surface area contributed by atoms with Gasteiger partial charge < -0.3 is 0 Å². The highest BCUT2D eigenvalue weighted by Crippen LogP contribution is 2.36. The van der Waals surface area contributed by atoms with E-state index in [2.05, 4.69) is 0 Å². The monoisotopic (exact) mass is 410 g/mol. The molecule has 0 aliphatic carbocycles. The van der Waals surface area contributed by atoms with Crippen LogP contribution in [0, 0.1) is 0 Å². The van der Waals surface area contributed by atoms with Crippen LogP contribution in [-0.4, -0.2) is 30.9 Å². The molecule has 0 bridgehead atoms. The summed E-state index contributed by atoms with van der Waals surface area (Å²) < 4.78 is 171. The fourth-order valence-corrected chi connectivity index (χ4v) is 0.791. The molecule has 0 heterocycles. The zero-order valence-electron chi connectivity index (χ0n) is 11.1. The first kappa shape index (κ1) is 25.7. The van der Waals surface area contributed by atoms with E-state index < -0.39 is 61.1 Å². The van der Waals surface area contributed by atoms with E-state index in [1.807, 2.05) is 0 Å². The van der Waals surface area contributed by atoms with Gasteiger partial charge in [-0.15, -0.1) is 0 Å². The summed E-state index contributed by atoms with van der Waals surface area (Å²) in [7, 11) is 0. The standard InChI is InChI=1S/C6H3F9.C4H2F6/c7-3(6(13,14)15)1-4(8,9)2-5(10,11)12;5-2(1-3(6)7)4(8,9)10/h1H,2H2;1,3H. The van der Waals surface area contributed by atoms with Crippen molar-refractivity contribution < 1.29 is 65.9 Å². The van der Waals surface area contributed by atoms with Crippen LogP contribution >= 0.6 is 0 Å². The highest BCUT2D eigenvalue weighted by Gasteiger charge is 2.45. The molecule has 0 amide bonds. The average Bonchev–Trinajstić information content (AvgIpc) is 2.21. The number of allylic oxidation sites excluding steroid dienone is 4. The Hall–Kier alpha value is -1.57. The first-order valence-corrected chi connectivity index (χ1v) is 5.30. The van der Waals surface area contributed by atoms with Gasteiger partial charge in [-0.25, -0.2) is 26.3 Å². The molecule has 0 aromatic heterocycles. The van der Waals surface area contributed by atoms with Gasteiger partial charge in [-0.1, -0.05) is 0 Å². The van der Waals surface area contributed by atoms with E-state index in [4.69, 9.17) is 0 Å². The largest absolute Gasteiger partial charge is 0.442 e. The quantitative estimate of drug-likeness (QED) is 0.457. The maximum atomic E-state index is 12.2. The van der Waals surface area contributed by atoms with Crippen molar-refractivity contribution >= 4 is 0 Å². The van der Waals surface area contributed by atoms with E-state index in [9.17, 15) is 65.9 Å². The van der Waals surface area contributed by atoms with Gasteiger partial charge in [0.2, 0.25) is 11.7 Å². The fraction of sp³-hybridized carbons (Fsp3) is 0.600. The number of hydrogen-bond donors (Lipinski definition) is 0. The Morgan fingerprint density at radius 3 is 1.24 bits per heavy atom. The van der Waals surface area contributed by atoms with E-state index in [-0.39, 0.29) is 0 Å². The highest BCUT2D eigenvalue weighted by atomic mass is 19.4. The van der Waals surface area contributed by atoms with Crippen LogP contribution in [0.1, 0.15) is 6.42 Å². The Labute approximate surface area is 128 Å². The topological polar surface area (TPSA) is 0 Å². The molecule has 0 rings (SSSR count). The molecule has 25 heavy (non-hydrogen) atoms. The maximum absolute atomic E-state index is 12.2. The summed E-state index contributed by atoms with van der Waals surface area (Å²) in [5.74, 6) is -10.9. The van der Waals surface area contributed by atoms with E-state index in [1.54, 1.807) is 0 Å². The summed E-state index contributed by atoms with van der Waals surface area (Å²) >= 11 is 0. The molecule has 0 saturated carbocycles. The lowest BCUT2D eigenvalue weighted by Crippen LogP contribution is -2.25. The average molecular weight is 410 g/mol. The number of hydrogen-bond acceptors (Lipinski definition) is 0. The normalized spacial score (nSPS) is 15.2. The van der Waals surface area contributed by atoms with Crippen LogP contribution in [0.15, 0.2) is 23.8 Å². The molecular formula is C10H5F15. The van der Waals surface area contributed by atoms with E-state index in [0.29, 0.717) is 0 Å². The number of alkyl halides is 13. The van der Waals surface area contributed by atoms with Gasteiger partial charge in [0, 0.05) is 12.2 Å². The second-order valence-corrected chi connectivity index (χ2v) is 3.89. The van der Waals surface area contributed by atoms with Gasteiger partial charge in [0.15, 0.2) is 0 Å². The van der Waals surface area contributed by atoms with Crippen LogP contribution in [0.5, 0.6) is 0 Å². The third-order valence-electron chi connectivity index (χ3n) is 1.59. The third kappa shape index (κ3) is 14.5. The summed E-state index contributed by atoms with van der Waals surface area (Å²) in [5.41, 5.74) is 0.